The summed E-state index contributed by atoms with van der Waals surface area (Å²) in [4.78, 5) is 15.8. The van der Waals surface area contributed by atoms with Crippen LogP contribution < -0.4 is 15.0 Å². The number of rotatable bonds is 12. The maximum atomic E-state index is 13.4. The molecule has 220 valence electrons. The van der Waals surface area contributed by atoms with Crippen LogP contribution in [0.15, 0.2) is 65.6 Å². The van der Waals surface area contributed by atoms with Crippen molar-refractivity contribution >= 4 is 27.1 Å². The van der Waals surface area contributed by atoms with Crippen molar-refractivity contribution in [2.75, 3.05) is 17.7 Å². The third-order valence-corrected chi connectivity index (χ3v) is 9.77. The van der Waals surface area contributed by atoms with Crippen molar-refractivity contribution in [3.63, 3.8) is 0 Å². The average Bonchev–Trinajstić information content (AvgIpc) is 3.89. The number of amides is 1. The number of anilines is 2. The third kappa shape index (κ3) is 6.79. The Morgan fingerprint density at radius 2 is 1.62 bits per heavy atom. The topological polar surface area (TPSA) is 99.5 Å². The van der Waals surface area contributed by atoms with E-state index < -0.39 is 15.9 Å². The fourth-order valence-electron chi connectivity index (χ4n) is 5.24. The summed E-state index contributed by atoms with van der Waals surface area (Å²) in [5.41, 5.74) is 5.89. The molecule has 8 heteroatoms. The Hall–Kier alpha value is -3.83. The van der Waals surface area contributed by atoms with Crippen LogP contribution in [-0.2, 0) is 9.84 Å². The van der Waals surface area contributed by atoms with Gasteiger partial charge >= 0.3 is 0 Å². The highest BCUT2D eigenvalue weighted by molar-refractivity contribution is 7.91. The van der Waals surface area contributed by atoms with Crippen LogP contribution in [0.1, 0.15) is 97.8 Å². The lowest BCUT2D eigenvalue weighted by molar-refractivity contribution is 0.0936. The summed E-state index contributed by atoms with van der Waals surface area (Å²) in [6.45, 7) is 5.51. The molecule has 0 radical (unpaired) electrons. The number of ether oxygens (including phenoxy) is 1. The summed E-state index contributed by atoms with van der Waals surface area (Å²) >= 11 is 0. The van der Waals surface area contributed by atoms with Crippen LogP contribution in [0.25, 0.3) is 0 Å². The molecule has 0 aromatic heterocycles. The Balaban J connectivity index is 1.41. The number of carbonyl (C=O) groups is 1. The van der Waals surface area contributed by atoms with E-state index in [4.69, 9.17) is 4.74 Å². The molecule has 2 fully saturated rings. The van der Waals surface area contributed by atoms with Gasteiger partial charge in [0.05, 0.1) is 41.0 Å². The van der Waals surface area contributed by atoms with E-state index in [1.807, 2.05) is 27.0 Å². The summed E-state index contributed by atoms with van der Waals surface area (Å²) in [7, 11) is -1.30. The minimum absolute atomic E-state index is 0.00427. The van der Waals surface area contributed by atoms with Gasteiger partial charge in [0, 0.05) is 18.3 Å². The molecule has 42 heavy (non-hydrogen) atoms. The van der Waals surface area contributed by atoms with Gasteiger partial charge in [0.1, 0.15) is 5.75 Å². The number of hydrogen-bond donors (Lipinski definition) is 1. The van der Waals surface area contributed by atoms with Crippen molar-refractivity contribution in [2.45, 2.75) is 81.8 Å². The Morgan fingerprint density at radius 1 is 1.00 bits per heavy atom. The molecule has 0 spiro atoms. The Labute approximate surface area is 249 Å². The highest BCUT2D eigenvalue weighted by Crippen LogP contribution is 2.47. The van der Waals surface area contributed by atoms with Gasteiger partial charge in [0.15, 0.2) is 9.84 Å². The molecule has 0 aliphatic heterocycles. The number of nitriles is 1. The molecule has 0 bridgehead atoms. The van der Waals surface area contributed by atoms with E-state index in [9.17, 15) is 18.5 Å². The van der Waals surface area contributed by atoms with Gasteiger partial charge in [0.25, 0.3) is 5.91 Å². The molecule has 0 unspecified atom stereocenters. The van der Waals surface area contributed by atoms with Gasteiger partial charge in [0.2, 0.25) is 0 Å². The summed E-state index contributed by atoms with van der Waals surface area (Å²) in [6.07, 6.45) is 4.94. The summed E-state index contributed by atoms with van der Waals surface area (Å²) < 4.78 is 30.6. The van der Waals surface area contributed by atoms with Gasteiger partial charge in [-0.05, 0) is 111 Å². The van der Waals surface area contributed by atoms with Crippen LogP contribution in [0, 0.1) is 11.3 Å². The lowest BCUT2D eigenvalue weighted by Gasteiger charge is -2.26. The van der Waals surface area contributed by atoms with Crippen LogP contribution in [-0.4, -0.2) is 33.2 Å². The van der Waals surface area contributed by atoms with Gasteiger partial charge in [-0.15, -0.1) is 0 Å². The van der Waals surface area contributed by atoms with Crippen molar-refractivity contribution in [1.29, 1.82) is 5.26 Å². The van der Waals surface area contributed by atoms with Crippen molar-refractivity contribution in [3.8, 4) is 11.8 Å². The summed E-state index contributed by atoms with van der Waals surface area (Å²) in [5.74, 6) is 1.58. The van der Waals surface area contributed by atoms with Crippen molar-refractivity contribution in [2.24, 2.45) is 0 Å². The maximum Gasteiger partial charge on any atom is 0.251 e. The predicted octanol–water partition coefficient (Wildman–Crippen LogP) is 7.17. The molecular weight excluding hydrogens is 546 g/mol. The quantitative estimate of drug-likeness (QED) is 0.242. The number of nitrogens with zero attached hydrogens (tertiary/aromatic N) is 2. The monoisotopic (exact) mass is 585 g/mol. The highest BCUT2D eigenvalue weighted by Gasteiger charge is 2.29. The van der Waals surface area contributed by atoms with Gasteiger partial charge in [-0.2, -0.15) is 5.26 Å². The second-order valence-electron chi connectivity index (χ2n) is 11.7. The highest BCUT2D eigenvalue weighted by atomic mass is 32.2. The normalized spacial score (nSPS) is 15.6. The standard InChI is InChI=1S/C34H39N3O4S/c1-5-42(39,40)30-13-10-25(11-14-30)31(16-17-35)36-34(38)26-12-15-32(33(21-26)41-22(2)3)37(4)29-19-27(23-6-7-23)18-28(20-29)24-8-9-24/h10-15,18-24,31H,5-9,16H2,1-4H3,(H,36,38)/t31-/m0/s1. The van der Waals surface area contributed by atoms with Gasteiger partial charge in [-0.3, -0.25) is 4.79 Å². The SMILES string of the molecule is CCS(=O)(=O)c1ccc([C@H](CC#N)NC(=O)c2ccc(N(C)c3cc(C4CC4)cc(C4CC4)c3)c(OC(C)C)c2)cc1. The number of sulfone groups is 1. The zero-order valence-electron chi connectivity index (χ0n) is 24.8. The smallest absolute Gasteiger partial charge is 0.251 e. The van der Waals surface area contributed by atoms with Crippen molar-refractivity contribution in [3.05, 3.63) is 82.9 Å². The minimum atomic E-state index is -3.34. The van der Waals surface area contributed by atoms with Gasteiger partial charge < -0.3 is 15.0 Å². The second-order valence-corrected chi connectivity index (χ2v) is 14.0. The molecule has 2 aliphatic carbocycles. The van der Waals surface area contributed by atoms with E-state index in [1.165, 1.54) is 48.9 Å². The Kier molecular flexibility index (Phi) is 8.60. The van der Waals surface area contributed by atoms with Crippen LogP contribution >= 0.6 is 0 Å². The molecular formula is C34H39N3O4S. The van der Waals surface area contributed by atoms with Crippen LogP contribution in [0.5, 0.6) is 5.75 Å². The first kappa shape index (κ1) is 29.7. The number of benzene rings is 3. The largest absolute Gasteiger partial charge is 0.489 e. The predicted molar refractivity (Wildman–Crippen MR) is 165 cm³/mol. The Morgan fingerprint density at radius 3 is 2.14 bits per heavy atom. The molecule has 1 amide bonds. The lowest BCUT2D eigenvalue weighted by atomic mass is 10.0. The fourth-order valence-corrected chi connectivity index (χ4v) is 6.12. The van der Waals surface area contributed by atoms with Gasteiger partial charge in [-0.1, -0.05) is 25.1 Å². The molecule has 0 heterocycles. The number of nitrogens with one attached hydrogen (secondary N) is 1. The molecule has 7 nitrogen and oxygen atoms in total. The Bertz CT molecular complexity index is 1570. The lowest BCUT2D eigenvalue weighted by Crippen LogP contribution is -2.28. The van der Waals surface area contributed by atoms with Crippen LogP contribution in [0.4, 0.5) is 11.4 Å². The first-order valence-corrected chi connectivity index (χ1v) is 16.4. The van der Waals surface area contributed by atoms with Gasteiger partial charge in [-0.25, -0.2) is 8.42 Å². The summed E-state index contributed by atoms with van der Waals surface area (Å²) in [5, 5.41) is 12.4. The first-order valence-electron chi connectivity index (χ1n) is 14.8. The number of carbonyl (C=O) groups excluding carboxylic acids is 1. The summed E-state index contributed by atoms with van der Waals surface area (Å²) in [6, 6.07) is 20.3. The molecule has 0 saturated heterocycles. The molecule has 2 aliphatic rings. The van der Waals surface area contributed by atoms with E-state index in [1.54, 1.807) is 31.2 Å². The minimum Gasteiger partial charge on any atom is -0.489 e. The van der Waals surface area contributed by atoms with E-state index in [-0.39, 0.29) is 29.1 Å². The zero-order chi connectivity index (χ0) is 30.0. The van der Waals surface area contributed by atoms with E-state index in [2.05, 4.69) is 34.5 Å². The molecule has 3 aromatic carbocycles. The molecule has 1 N–H and O–H groups in total. The van der Waals surface area contributed by atoms with E-state index >= 15 is 0 Å². The van der Waals surface area contributed by atoms with Crippen molar-refractivity contribution in [1.82, 2.24) is 5.32 Å². The molecule has 5 rings (SSSR count). The van der Waals surface area contributed by atoms with E-state index in [0.29, 0.717) is 28.7 Å². The third-order valence-electron chi connectivity index (χ3n) is 8.02. The zero-order valence-corrected chi connectivity index (χ0v) is 25.6. The molecule has 3 aromatic rings. The first-order chi connectivity index (χ1) is 20.1. The maximum absolute atomic E-state index is 13.4. The molecule has 1 atom stereocenters. The average molecular weight is 586 g/mol. The molecule has 2 saturated carbocycles. The van der Waals surface area contributed by atoms with Crippen LogP contribution in [0.2, 0.25) is 0 Å². The van der Waals surface area contributed by atoms with Crippen molar-refractivity contribution < 1.29 is 17.9 Å². The second kappa shape index (κ2) is 12.2. The fraction of sp³-hybridized carbons (Fsp3) is 0.412. The van der Waals surface area contributed by atoms with Crippen LogP contribution in [0.3, 0.4) is 0 Å². The van der Waals surface area contributed by atoms with E-state index in [0.717, 1.165) is 11.4 Å². The number of hydrogen-bond acceptors (Lipinski definition) is 6.